The van der Waals surface area contributed by atoms with Gasteiger partial charge in [0, 0.05) is 7.05 Å². The number of aliphatic hydroxyl groups excluding tert-OH is 1. The summed E-state index contributed by atoms with van der Waals surface area (Å²) in [5.74, 6) is -0.554. The van der Waals surface area contributed by atoms with Crippen molar-refractivity contribution in [3.05, 3.63) is 51.0 Å². The van der Waals surface area contributed by atoms with Crippen LogP contribution in [-0.2, 0) is 7.05 Å². The van der Waals surface area contributed by atoms with Gasteiger partial charge in [0.15, 0.2) is 0 Å². The summed E-state index contributed by atoms with van der Waals surface area (Å²) < 4.78 is 15.5. The summed E-state index contributed by atoms with van der Waals surface area (Å²) in [6.45, 7) is 0. The molecule has 0 aliphatic heterocycles. The molecule has 0 radical (unpaired) electrons. The van der Waals surface area contributed by atoms with Gasteiger partial charge in [0.2, 0.25) is 0 Å². The van der Waals surface area contributed by atoms with Gasteiger partial charge in [-0.2, -0.15) is 5.10 Å². The van der Waals surface area contributed by atoms with Crippen LogP contribution in [-0.4, -0.2) is 14.9 Å². The lowest BCUT2D eigenvalue weighted by atomic mass is 10.1. The molecule has 1 atom stereocenters. The number of rotatable bonds is 2. The molecule has 0 aliphatic rings. The molecule has 90 valence electrons. The number of nitrogens with zero attached hydrogens (tertiary/aromatic N) is 2. The van der Waals surface area contributed by atoms with E-state index in [2.05, 4.69) is 21.0 Å². The highest BCUT2D eigenvalue weighted by Gasteiger charge is 2.19. The molecule has 0 amide bonds. The quantitative estimate of drug-likeness (QED) is 0.924. The largest absolute Gasteiger partial charge is 0.382 e. The summed E-state index contributed by atoms with van der Waals surface area (Å²) in [7, 11) is 1.70. The molecule has 1 unspecified atom stereocenters. The molecule has 0 bridgehead atoms. The van der Waals surface area contributed by atoms with Crippen molar-refractivity contribution in [3.8, 4) is 0 Å². The lowest BCUT2D eigenvalue weighted by molar-refractivity contribution is 0.208. The topological polar surface area (TPSA) is 38.0 Å². The maximum atomic E-state index is 13.3. The molecule has 1 aromatic heterocycles. The summed E-state index contributed by atoms with van der Waals surface area (Å²) in [4.78, 5) is 0. The van der Waals surface area contributed by atoms with E-state index in [0.29, 0.717) is 15.7 Å². The maximum absolute atomic E-state index is 13.3. The van der Waals surface area contributed by atoms with Gasteiger partial charge in [-0.05, 0) is 33.6 Å². The Morgan fingerprint density at radius 3 is 2.76 bits per heavy atom. The van der Waals surface area contributed by atoms with Crippen LogP contribution in [0.15, 0.2) is 28.9 Å². The van der Waals surface area contributed by atoms with Crippen LogP contribution in [0.4, 0.5) is 4.39 Å². The van der Waals surface area contributed by atoms with Crippen molar-refractivity contribution in [1.82, 2.24) is 9.78 Å². The number of hydrogen-bond donors (Lipinski definition) is 1. The summed E-state index contributed by atoms with van der Waals surface area (Å²) in [6, 6.07) is 4.21. The Hall–Kier alpha value is -0.910. The van der Waals surface area contributed by atoms with Crippen LogP contribution in [0.3, 0.4) is 0 Å². The van der Waals surface area contributed by atoms with Crippen LogP contribution in [0.5, 0.6) is 0 Å². The zero-order valence-corrected chi connectivity index (χ0v) is 11.2. The maximum Gasteiger partial charge on any atom is 0.142 e. The molecule has 0 spiro atoms. The highest BCUT2D eigenvalue weighted by Crippen LogP contribution is 2.29. The van der Waals surface area contributed by atoms with Crippen molar-refractivity contribution in [2.75, 3.05) is 0 Å². The Morgan fingerprint density at radius 1 is 1.53 bits per heavy atom. The monoisotopic (exact) mass is 318 g/mol. The number of aryl methyl sites for hydroxylation is 1. The van der Waals surface area contributed by atoms with Crippen molar-refractivity contribution in [3.63, 3.8) is 0 Å². The fourth-order valence-electron chi connectivity index (χ4n) is 1.57. The summed E-state index contributed by atoms with van der Waals surface area (Å²) in [6.07, 6.45) is 0.619. The predicted molar refractivity (Wildman–Crippen MR) is 66.4 cm³/mol. The number of hydrogen-bond acceptors (Lipinski definition) is 2. The Morgan fingerprint density at radius 2 is 2.24 bits per heavy atom. The van der Waals surface area contributed by atoms with Crippen molar-refractivity contribution < 1.29 is 9.50 Å². The summed E-state index contributed by atoms with van der Waals surface area (Å²) >= 11 is 8.87. The zero-order chi connectivity index (χ0) is 12.6. The van der Waals surface area contributed by atoms with E-state index in [1.165, 1.54) is 16.8 Å². The van der Waals surface area contributed by atoms with Gasteiger partial charge in [-0.15, -0.1) is 0 Å². The second-order valence-corrected chi connectivity index (χ2v) is 4.84. The third-order valence-electron chi connectivity index (χ3n) is 2.46. The van der Waals surface area contributed by atoms with Gasteiger partial charge in [0.25, 0.3) is 0 Å². The van der Waals surface area contributed by atoms with E-state index in [1.54, 1.807) is 19.3 Å². The van der Waals surface area contributed by atoms with Crippen molar-refractivity contribution >= 4 is 27.5 Å². The standard InChI is InChI=1S/C11H9BrClFN2O/c1-16-10(7(12)5-15-16)11(17)6-2-3-8(13)9(14)4-6/h2-5,11,17H,1H3. The first-order valence-electron chi connectivity index (χ1n) is 4.81. The second kappa shape index (κ2) is 4.76. The minimum atomic E-state index is -0.955. The van der Waals surface area contributed by atoms with Crippen molar-refractivity contribution in [2.45, 2.75) is 6.10 Å². The van der Waals surface area contributed by atoms with Crippen molar-refractivity contribution in [2.24, 2.45) is 7.05 Å². The number of benzene rings is 1. The van der Waals surface area contributed by atoms with Crippen LogP contribution in [0.25, 0.3) is 0 Å². The molecule has 6 heteroatoms. The molecule has 3 nitrogen and oxygen atoms in total. The van der Waals surface area contributed by atoms with Gasteiger partial charge in [0.05, 0.1) is 21.4 Å². The fraction of sp³-hybridized carbons (Fsp3) is 0.182. The summed E-state index contributed by atoms with van der Waals surface area (Å²) in [5.41, 5.74) is 0.989. The van der Waals surface area contributed by atoms with Crippen LogP contribution in [0.1, 0.15) is 17.4 Å². The number of aromatic nitrogens is 2. The minimum Gasteiger partial charge on any atom is -0.382 e. The molecular weight excluding hydrogens is 310 g/mol. The second-order valence-electron chi connectivity index (χ2n) is 3.58. The molecular formula is C11H9BrClFN2O. The average Bonchev–Trinajstić information content (AvgIpc) is 2.62. The molecule has 0 saturated heterocycles. The Balaban J connectivity index is 2.43. The number of aliphatic hydroxyl groups is 1. The predicted octanol–water partition coefficient (Wildman–Crippen LogP) is 3.06. The van der Waals surface area contributed by atoms with E-state index < -0.39 is 11.9 Å². The molecule has 1 aromatic carbocycles. The molecule has 1 heterocycles. The first-order valence-corrected chi connectivity index (χ1v) is 5.98. The fourth-order valence-corrected chi connectivity index (χ4v) is 2.25. The van der Waals surface area contributed by atoms with Gasteiger partial charge in [0.1, 0.15) is 11.9 Å². The van der Waals surface area contributed by atoms with E-state index in [9.17, 15) is 9.50 Å². The molecule has 2 rings (SSSR count). The van der Waals surface area contributed by atoms with E-state index >= 15 is 0 Å². The molecule has 0 saturated carbocycles. The van der Waals surface area contributed by atoms with E-state index in [1.807, 2.05) is 0 Å². The van der Waals surface area contributed by atoms with Crippen LogP contribution >= 0.6 is 27.5 Å². The first-order chi connectivity index (χ1) is 8.00. The van der Waals surface area contributed by atoms with Gasteiger partial charge in [-0.25, -0.2) is 4.39 Å². The molecule has 1 N–H and O–H groups in total. The van der Waals surface area contributed by atoms with E-state index in [0.717, 1.165) is 0 Å². The van der Waals surface area contributed by atoms with Crippen LogP contribution in [0, 0.1) is 5.82 Å². The number of halogens is 3. The highest BCUT2D eigenvalue weighted by molar-refractivity contribution is 9.10. The lowest BCUT2D eigenvalue weighted by Crippen LogP contribution is -2.07. The normalized spacial score (nSPS) is 12.8. The Labute approximate surface area is 111 Å². The SMILES string of the molecule is Cn1ncc(Br)c1C(O)c1ccc(Cl)c(F)c1. The van der Waals surface area contributed by atoms with Crippen LogP contribution in [0.2, 0.25) is 5.02 Å². The van der Waals surface area contributed by atoms with Gasteiger partial charge in [-0.1, -0.05) is 17.7 Å². The molecule has 2 aromatic rings. The average molecular weight is 320 g/mol. The molecule has 0 fully saturated rings. The zero-order valence-electron chi connectivity index (χ0n) is 8.86. The van der Waals surface area contributed by atoms with Crippen molar-refractivity contribution in [1.29, 1.82) is 0 Å². The third kappa shape index (κ3) is 2.36. The summed E-state index contributed by atoms with van der Waals surface area (Å²) in [5, 5.41) is 14.2. The van der Waals surface area contributed by atoms with Gasteiger partial charge >= 0.3 is 0 Å². The van der Waals surface area contributed by atoms with Gasteiger partial charge < -0.3 is 5.11 Å². The van der Waals surface area contributed by atoms with E-state index in [4.69, 9.17) is 11.6 Å². The van der Waals surface area contributed by atoms with E-state index in [-0.39, 0.29) is 5.02 Å². The minimum absolute atomic E-state index is 0.0324. The smallest absolute Gasteiger partial charge is 0.142 e. The first kappa shape index (κ1) is 12.5. The van der Waals surface area contributed by atoms with Crippen LogP contribution < -0.4 is 0 Å². The van der Waals surface area contributed by atoms with Gasteiger partial charge in [-0.3, -0.25) is 4.68 Å². The third-order valence-corrected chi connectivity index (χ3v) is 3.37. The molecule has 17 heavy (non-hydrogen) atoms. The Kier molecular flexibility index (Phi) is 3.51. The highest BCUT2D eigenvalue weighted by atomic mass is 79.9. The Bertz CT molecular complexity index is 539. The molecule has 0 aliphatic carbocycles. The lowest BCUT2D eigenvalue weighted by Gasteiger charge is -2.12.